The molecule has 0 radical (unpaired) electrons. The molecule has 2 fully saturated rings. The van der Waals surface area contributed by atoms with E-state index in [0.29, 0.717) is 17.1 Å². The Morgan fingerprint density at radius 3 is 2.61 bits per heavy atom. The van der Waals surface area contributed by atoms with Crippen molar-refractivity contribution < 1.29 is 9.47 Å². The van der Waals surface area contributed by atoms with Gasteiger partial charge in [-0.15, -0.1) is 0 Å². The van der Waals surface area contributed by atoms with E-state index >= 15 is 0 Å². The molecule has 0 atom stereocenters. The van der Waals surface area contributed by atoms with Gasteiger partial charge in [-0.1, -0.05) is 11.6 Å². The van der Waals surface area contributed by atoms with E-state index in [4.69, 9.17) is 21.1 Å². The van der Waals surface area contributed by atoms with Crippen LogP contribution in [0.2, 0.25) is 5.15 Å². The lowest BCUT2D eigenvalue weighted by Crippen LogP contribution is -2.36. The molecule has 0 amide bonds. The second kappa shape index (κ2) is 9.20. The number of aromatic nitrogens is 4. The van der Waals surface area contributed by atoms with E-state index in [-0.39, 0.29) is 6.10 Å². The van der Waals surface area contributed by atoms with Gasteiger partial charge in [0.1, 0.15) is 16.4 Å². The van der Waals surface area contributed by atoms with Crippen molar-refractivity contribution in [3.8, 4) is 5.75 Å². The van der Waals surface area contributed by atoms with Crippen LogP contribution in [0.25, 0.3) is 11.0 Å². The number of anilines is 2. The molecule has 2 aromatic heterocycles. The normalized spacial score (nSPS) is 21.8. The number of rotatable bonds is 5. The summed E-state index contributed by atoms with van der Waals surface area (Å²) in [4.78, 5) is 19.8. The van der Waals surface area contributed by atoms with Gasteiger partial charge in [-0.25, -0.2) is 15.0 Å². The molecule has 8 nitrogen and oxygen atoms in total. The van der Waals surface area contributed by atoms with Crippen LogP contribution in [0, 0.1) is 0 Å². The van der Waals surface area contributed by atoms with E-state index in [1.54, 1.807) is 24.7 Å². The molecular formula is C22H25ClN6O2. The summed E-state index contributed by atoms with van der Waals surface area (Å²) >= 11 is 5.96. The molecule has 162 valence electrons. The number of ether oxygens (including phenoxy) is 2. The van der Waals surface area contributed by atoms with Crippen LogP contribution in [-0.4, -0.2) is 58.4 Å². The van der Waals surface area contributed by atoms with E-state index in [2.05, 4.69) is 42.3 Å². The van der Waals surface area contributed by atoms with Crippen molar-refractivity contribution in [3.63, 3.8) is 0 Å². The Morgan fingerprint density at radius 2 is 1.81 bits per heavy atom. The van der Waals surface area contributed by atoms with Gasteiger partial charge in [0.05, 0.1) is 24.8 Å². The highest BCUT2D eigenvalue weighted by Gasteiger charge is 2.24. The Morgan fingerprint density at radius 1 is 1.00 bits per heavy atom. The van der Waals surface area contributed by atoms with Gasteiger partial charge in [-0.05, 0) is 37.8 Å². The Bertz CT molecular complexity index is 1040. The first-order valence-electron chi connectivity index (χ1n) is 10.7. The molecule has 1 saturated carbocycles. The predicted molar refractivity (Wildman–Crippen MR) is 120 cm³/mol. The maximum atomic E-state index is 6.48. The summed E-state index contributed by atoms with van der Waals surface area (Å²) in [5.74, 6) is 1.39. The first-order chi connectivity index (χ1) is 15.2. The van der Waals surface area contributed by atoms with E-state index in [1.165, 1.54) is 0 Å². The van der Waals surface area contributed by atoms with Crippen molar-refractivity contribution >= 4 is 34.3 Å². The summed E-state index contributed by atoms with van der Waals surface area (Å²) in [5.41, 5.74) is 2.78. The predicted octanol–water partition coefficient (Wildman–Crippen LogP) is 3.71. The second-order valence-electron chi connectivity index (χ2n) is 7.91. The number of hydrogen-bond donors (Lipinski definition) is 1. The van der Waals surface area contributed by atoms with Crippen molar-refractivity contribution in [2.45, 2.75) is 37.8 Å². The standard InChI is InChI=1S/C22H25ClN6O2/c23-20-5-6-26-22(28-20)27-15-1-3-17(4-2-15)31-19-14-16(29-9-11-30-12-10-29)13-18-21(19)25-8-7-24-18/h5-8,13-15,17H,1-4,9-12H2,(H,26,27,28)/t15-,17+. The number of fused-ring (bicyclic) bond motifs is 1. The van der Waals surface area contributed by atoms with Crippen LogP contribution in [0.3, 0.4) is 0 Å². The average Bonchev–Trinajstić information content (AvgIpc) is 2.81. The van der Waals surface area contributed by atoms with Crippen LogP contribution in [0.5, 0.6) is 5.75 Å². The summed E-state index contributed by atoms with van der Waals surface area (Å²) in [6.45, 7) is 3.21. The highest BCUT2D eigenvalue weighted by atomic mass is 35.5. The molecule has 3 aromatic rings. The molecule has 1 aromatic carbocycles. The smallest absolute Gasteiger partial charge is 0.224 e. The molecule has 31 heavy (non-hydrogen) atoms. The highest BCUT2D eigenvalue weighted by molar-refractivity contribution is 6.29. The summed E-state index contributed by atoms with van der Waals surface area (Å²) in [5, 5.41) is 3.83. The summed E-state index contributed by atoms with van der Waals surface area (Å²) in [7, 11) is 0. The average molecular weight is 441 g/mol. The fraction of sp³-hybridized carbons (Fsp3) is 0.455. The molecule has 1 saturated heterocycles. The number of morpholine rings is 1. The lowest BCUT2D eigenvalue weighted by Gasteiger charge is -2.31. The third kappa shape index (κ3) is 4.80. The Balaban J connectivity index is 1.28. The topological polar surface area (TPSA) is 85.3 Å². The Hall–Kier alpha value is -2.71. The van der Waals surface area contributed by atoms with Crippen molar-refractivity contribution in [2.24, 2.45) is 0 Å². The molecule has 5 rings (SSSR count). The van der Waals surface area contributed by atoms with E-state index < -0.39 is 0 Å². The van der Waals surface area contributed by atoms with Crippen LogP contribution in [0.15, 0.2) is 36.8 Å². The molecule has 0 bridgehead atoms. The quantitative estimate of drug-likeness (QED) is 0.601. The van der Waals surface area contributed by atoms with Crippen LogP contribution in [0.4, 0.5) is 11.6 Å². The number of benzene rings is 1. The Kier molecular flexibility index (Phi) is 5.99. The highest BCUT2D eigenvalue weighted by Crippen LogP contribution is 2.33. The van der Waals surface area contributed by atoms with Crippen molar-refractivity contribution in [1.29, 1.82) is 0 Å². The second-order valence-corrected chi connectivity index (χ2v) is 8.29. The van der Waals surface area contributed by atoms with Crippen LogP contribution < -0.4 is 15.0 Å². The largest absolute Gasteiger partial charge is 0.488 e. The van der Waals surface area contributed by atoms with Crippen LogP contribution >= 0.6 is 11.6 Å². The number of nitrogens with zero attached hydrogens (tertiary/aromatic N) is 5. The molecule has 1 aliphatic carbocycles. The minimum Gasteiger partial charge on any atom is -0.488 e. The third-order valence-electron chi connectivity index (χ3n) is 5.82. The molecule has 2 aliphatic rings. The minimum atomic E-state index is 0.142. The van der Waals surface area contributed by atoms with E-state index in [9.17, 15) is 0 Å². The van der Waals surface area contributed by atoms with Crippen LogP contribution in [-0.2, 0) is 4.74 Å². The zero-order valence-electron chi connectivity index (χ0n) is 17.2. The first kappa shape index (κ1) is 20.2. The van der Waals surface area contributed by atoms with Crippen LogP contribution in [0.1, 0.15) is 25.7 Å². The molecular weight excluding hydrogens is 416 g/mol. The molecule has 1 N–H and O–H groups in total. The monoisotopic (exact) mass is 440 g/mol. The number of nitrogens with one attached hydrogen (secondary N) is 1. The maximum Gasteiger partial charge on any atom is 0.224 e. The fourth-order valence-electron chi connectivity index (χ4n) is 4.22. The molecule has 0 spiro atoms. The lowest BCUT2D eigenvalue weighted by atomic mass is 9.93. The number of hydrogen-bond acceptors (Lipinski definition) is 8. The van der Waals surface area contributed by atoms with E-state index in [1.807, 2.05) is 0 Å². The van der Waals surface area contributed by atoms with Gasteiger partial charge in [0.2, 0.25) is 5.95 Å². The zero-order valence-corrected chi connectivity index (χ0v) is 18.0. The van der Waals surface area contributed by atoms with Crippen molar-refractivity contribution in [2.75, 3.05) is 36.5 Å². The van der Waals surface area contributed by atoms with Crippen molar-refractivity contribution in [3.05, 3.63) is 41.9 Å². The van der Waals surface area contributed by atoms with Gasteiger partial charge in [-0.2, -0.15) is 0 Å². The summed E-state index contributed by atoms with van der Waals surface area (Å²) < 4.78 is 12.0. The minimum absolute atomic E-state index is 0.142. The van der Waals surface area contributed by atoms with Gasteiger partial charge in [0.25, 0.3) is 0 Å². The fourth-order valence-corrected chi connectivity index (χ4v) is 4.35. The molecule has 1 aliphatic heterocycles. The zero-order chi connectivity index (χ0) is 21.0. The molecule has 3 heterocycles. The van der Waals surface area contributed by atoms with Crippen molar-refractivity contribution in [1.82, 2.24) is 19.9 Å². The Labute approximate surface area is 186 Å². The lowest BCUT2D eigenvalue weighted by molar-refractivity contribution is 0.122. The SMILES string of the molecule is Clc1ccnc(N[C@H]2CC[C@@H](Oc3cc(N4CCOCC4)cc4nccnc34)CC2)n1. The van der Waals surface area contributed by atoms with Gasteiger partial charge in [0.15, 0.2) is 0 Å². The maximum absolute atomic E-state index is 6.48. The van der Waals surface area contributed by atoms with Gasteiger partial charge < -0.3 is 19.7 Å². The number of halogens is 1. The summed E-state index contributed by atoms with van der Waals surface area (Å²) in [6.07, 6.45) is 9.10. The molecule has 9 heteroatoms. The first-order valence-corrected chi connectivity index (χ1v) is 11.1. The molecule has 0 unspecified atom stereocenters. The third-order valence-corrected chi connectivity index (χ3v) is 6.03. The van der Waals surface area contributed by atoms with Gasteiger partial charge >= 0.3 is 0 Å². The van der Waals surface area contributed by atoms with E-state index in [0.717, 1.165) is 74.5 Å². The van der Waals surface area contributed by atoms with Gasteiger partial charge in [-0.3, -0.25) is 4.98 Å². The summed E-state index contributed by atoms with van der Waals surface area (Å²) in [6, 6.07) is 6.18. The van der Waals surface area contributed by atoms with Gasteiger partial charge in [0, 0.05) is 49.5 Å².